The van der Waals surface area contributed by atoms with Gasteiger partial charge in [0.2, 0.25) is 11.8 Å². The zero-order valence-corrected chi connectivity index (χ0v) is 62.5. The number of nitrogens with one attached hydrogen (secondary N) is 3. The summed E-state index contributed by atoms with van der Waals surface area (Å²) in [6.07, 6.45) is 12.7. The molecule has 466 valence electrons. The average Bonchev–Trinajstić information content (AvgIpc) is 3.78. The molecule has 10 rings (SSSR count). The molecule has 4 aliphatic rings. The molecule has 2 saturated heterocycles. The topological polar surface area (TPSA) is 307 Å². The van der Waals surface area contributed by atoms with E-state index in [0.29, 0.717) is 71.8 Å². The normalized spacial score (nSPS) is 17.8. The summed E-state index contributed by atoms with van der Waals surface area (Å²) in [4.78, 5) is 48.1. The number of halogens is 2. The van der Waals surface area contributed by atoms with E-state index in [-0.39, 0.29) is 193 Å². The summed E-state index contributed by atoms with van der Waals surface area (Å²) >= 11 is 6.16. The zero-order chi connectivity index (χ0) is 59.5. The number of amides is 2. The number of aryl methyl sites for hydroxylation is 2. The molecule has 86 heavy (non-hydrogen) atoms. The summed E-state index contributed by atoms with van der Waals surface area (Å²) in [6, 6.07) is 9.67. The van der Waals surface area contributed by atoms with Gasteiger partial charge in [-0.05, 0) is 123 Å². The van der Waals surface area contributed by atoms with Crippen molar-refractivity contribution in [1.29, 1.82) is 0 Å². The van der Waals surface area contributed by atoms with Crippen LogP contribution in [-0.2, 0) is 43.8 Å². The number of carbonyl (C=O) groups excluding carboxylic acids is 3. The molecule has 4 fully saturated rings. The van der Waals surface area contributed by atoms with E-state index in [9.17, 15) is 26.4 Å². The van der Waals surface area contributed by atoms with Crippen LogP contribution in [0.5, 0.6) is 11.8 Å². The molecule has 0 aromatic carbocycles. The van der Waals surface area contributed by atoms with E-state index in [0.717, 1.165) is 38.0 Å². The maximum atomic E-state index is 13.4. The molecular weight excluding hydrogens is 1290 g/mol. The second-order valence-corrected chi connectivity index (χ2v) is 26.9. The van der Waals surface area contributed by atoms with Gasteiger partial charge in [0.05, 0.1) is 48.1 Å². The van der Waals surface area contributed by atoms with Gasteiger partial charge in [0.1, 0.15) is 20.8 Å². The van der Waals surface area contributed by atoms with Gasteiger partial charge in [-0.2, -0.15) is 37.2 Å². The first-order valence-corrected chi connectivity index (χ1v) is 29.6. The minimum atomic E-state index is -4.13. The molecule has 2 amide bonds. The fraction of sp³-hybridized carbons (Fsp3) is 0.528. The van der Waals surface area contributed by atoms with Gasteiger partial charge < -0.3 is 31.3 Å². The van der Waals surface area contributed by atoms with Crippen molar-refractivity contribution in [2.45, 2.75) is 129 Å². The first kappa shape index (κ1) is 79.4. The number of ether oxygens (including phenoxy) is 2. The molecule has 6 aromatic rings. The molecular formula is C53H78Cl2K2N14O11S4. The largest absolute Gasteiger partial charge is 1.00 e. The van der Waals surface area contributed by atoms with Crippen LogP contribution < -0.4 is 137 Å². The Labute approximate surface area is 615 Å². The molecule has 0 bridgehead atoms. The first-order chi connectivity index (χ1) is 37.9. The fourth-order valence-electron chi connectivity index (χ4n) is 9.28. The van der Waals surface area contributed by atoms with Crippen LogP contribution in [0, 0.1) is 36.5 Å². The maximum Gasteiger partial charge on any atom is 1.00 e. The Bertz CT molecular complexity index is 3510. The van der Waals surface area contributed by atoms with Crippen LogP contribution in [0.2, 0.25) is 5.15 Å². The van der Waals surface area contributed by atoms with E-state index in [2.05, 4.69) is 101 Å². The molecule has 2 aliphatic heterocycles. The molecule has 2 aliphatic carbocycles. The van der Waals surface area contributed by atoms with Crippen LogP contribution in [-0.4, -0.2) is 122 Å². The van der Waals surface area contributed by atoms with Crippen molar-refractivity contribution >= 4 is 95.2 Å². The van der Waals surface area contributed by atoms with Gasteiger partial charge in [0.15, 0.2) is 11.6 Å². The van der Waals surface area contributed by atoms with Crippen molar-refractivity contribution in [3.63, 3.8) is 0 Å². The average molecular weight is 1360 g/mol. The van der Waals surface area contributed by atoms with Crippen molar-refractivity contribution in [2.75, 3.05) is 31.2 Å². The number of hydrogen-bond acceptors (Lipinski definition) is 19. The summed E-state index contributed by atoms with van der Waals surface area (Å²) < 4.78 is 72.8. The monoisotopic (exact) mass is 1360 g/mol. The Kier molecular flexibility index (Phi) is 30.1. The SMILES string of the molecule is C[C@@H]1CNC(C)(C)C1.Cc1c(S(=O)(=O)NC(=O)c2ccc(-n3ccc(OCC4(C)CC4)n3)nc2Cl)cnn1C.Cc1c(S(=O)(=O)NC(=O)c2ccc(-n3ccc(OCC4(C)CC4)n3)nc2N2C[C@@H](C)CC2(C)C)cnn1C.Cl.O=CO[O-].S.S.[H-].[K+].[K+]. The molecule has 0 radical (unpaired) electrons. The van der Waals surface area contributed by atoms with Crippen LogP contribution in [0.1, 0.15) is 127 Å². The van der Waals surface area contributed by atoms with Crippen LogP contribution in [0.4, 0.5) is 5.82 Å². The van der Waals surface area contributed by atoms with Crippen molar-refractivity contribution in [3.8, 4) is 23.4 Å². The van der Waals surface area contributed by atoms with Gasteiger partial charge in [0, 0.05) is 67.1 Å². The van der Waals surface area contributed by atoms with Gasteiger partial charge in [0.25, 0.3) is 38.3 Å². The van der Waals surface area contributed by atoms with Gasteiger partial charge in [-0.1, -0.05) is 39.3 Å². The molecule has 3 N–H and O–H groups in total. The van der Waals surface area contributed by atoms with Crippen LogP contribution >= 0.6 is 51.0 Å². The second-order valence-electron chi connectivity index (χ2n) is 23.2. The quantitative estimate of drug-likeness (QED) is 0.0380. The molecule has 2 saturated carbocycles. The number of sulfonamides is 2. The van der Waals surface area contributed by atoms with E-state index in [1.165, 1.54) is 51.5 Å². The summed E-state index contributed by atoms with van der Waals surface area (Å²) in [5, 5.41) is 28.4. The smallest absolute Gasteiger partial charge is 1.00 e. The maximum absolute atomic E-state index is 13.4. The molecule has 2 atom stereocenters. The Hall–Kier alpha value is -2.68. The molecule has 6 aromatic heterocycles. The van der Waals surface area contributed by atoms with Gasteiger partial charge in [-0.25, -0.2) is 45.6 Å². The third kappa shape index (κ3) is 20.9. The Morgan fingerprint density at radius 1 is 0.733 bits per heavy atom. The van der Waals surface area contributed by atoms with E-state index in [1.807, 2.05) is 4.72 Å². The number of pyridine rings is 2. The molecule has 0 spiro atoms. The minimum Gasteiger partial charge on any atom is -1.00 e. The predicted octanol–water partition coefficient (Wildman–Crippen LogP) is 0.0888. The Balaban J connectivity index is 0.000000697. The number of anilines is 1. The predicted molar refractivity (Wildman–Crippen MR) is 326 cm³/mol. The molecule has 33 heteroatoms. The van der Waals surface area contributed by atoms with E-state index < -0.39 is 31.9 Å². The summed E-state index contributed by atoms with van der Waals surface area (Å²) in [5.41, 5.74) is 1.52. The minimum absolute atomic E-state index is 0. The number of hydrogen-bond donors (Lipinski definition) is 3. The molecule has 0 unspecified atom stereocenters. The van der Waals surface area contributed by atoms with Gasteiger partial charge >= 0.3 is 103 Å². The number of rotatable bonds is 16. The molecule has 8 heterocycles. The van der Waals surface area contributed by atoms with E-state index in [4.69, 9.17) is 36.1 Å². The van der Waals surface area contributed by atoms with E-state index in [1.54, 1.807) is 69.3 Å². The number of aromatic nitrogens is 10. The standard InChI is InChI=1S/C26H35N7O4S.C19H21ClN6O4S.C7H15N.CH2O3.ClH.2K.2H2S.H/c1-17-13-25(3,4)32(15-17)23-19(24(34)30-38(35,36)20-14-27-31(6)18(20)2)7-8-21(28-23)33-12-9-22(29-33)37-16-26(5)10-11-26;1-12-14(10-21-25(12)3)31(28,29)24-18(27)13-4-5-15(22-17(13)20)26-9-6-16(23-26)30-11-19(2)7-8-19;1-6-4-7(2,3)8-5-6;2-1-4-3;;;;;;/h7-9,12,14,17H,10-11,13,15-16H2,1-6H3,(H,30,34);4-6,9-10H,7-8,11H2,1-3H3,(H,24,27);6,8H,4-5H2,1-3H3;1,3H;1H;;;2*1H2;/q;;;;;2*+1;;;-1/p-1/t17-;;6-;;;;;;;/m0.0......./s1. The number of nitrogens with zero attached hydrogens (tertiary/aromatic N) is 11. The Morgan fingerprint density at radius 3 is 1.50 bits per heavy atom. The summed E-state index contributed by atoms with van der Waals surface area (Å²) in [6.45, 7) is 23.7. The van der Waals surface area contributed by atoms with Crippen molar-refractivity contribution in [2.24, 2.45) is 36.8 Å². The van der Waals surface area contributed by atoms with Gasteiger partial charge in [-0.15, -0.1) is 22.6 Å². The molecule has 25 nitrogen and oxygen atoms in total. The van der Waals surface area contributed by atoms with E-state index >= 15 is 0 Å². The summed E-state index contributed by atoms with van der Waals surface area (Å²) in [5.74, 6) is 1.87. The van der Waals surface area contributed by atoms with Crippen molar-refractivity contribution < 1.29 is 155 Å². The van der Waals surface area contributed by atoms with Crippen LogP contribution in [0.3, 0.4) is 0 Å². The third-order valence-corrected chi connectivity index (χ3v) is 17.9. The van der Waals surface area contributed by atoms with Crippen LogP contribution in [0.25, 0.3) is 11.6 Å². The Morgan fingerprint density at radius 2 is 1.16 bits per heavy atom. The van der Waals surface area contributed by atoms with Crippen molar-refractivity contribution in [3.05, 3.63) is 88.9 Å². The summed E-state index contributed by atoms with van der Waals surface area (Å²) in [7, 11) is -4.99. The first-order valence-electron chi connectivity index (χ1n) is 26.3. The second kappa shape index (κ2) is 32.6. The third-order valence-electron chi connectivity index (χ3n) is 14.7. The van der Waals surface area contributed by atoms with Crippen LogP contribution in [0.15, 0.2) is 71.0 Å². The zero-order valence-electron chi connectivity index (χ0n) is 52.1. The fourth-order valence-corrected chi connectivity index (χ4v) is 11.9. The number of carbonyl (C=O) groups is 3. The van der Waals surface area contributed by atoms with Crippen molar-refractivity contribution in [1.82, 2.24) is 63.9 Å². The van der Waals surface area contributed by atoms with Gasteiger partial charge in [-0.3, -0.25) is 23.7 Å².